The van der Waals surface area contributed by atoms with Crippen LogP contribution in [-0.2, 0) is 22.1 Å². The van der Waals surface area contributed by atoms with E-state index in [1.54, 1.807) is 0 Å². The number of alkyl halides is 3. The molecular weight excluding hydrogens is 455 g/mol. The SMILES string of the molecule is CC(C)[C@@H]1O[C@@H](c2ccc(C(F)(F)F)cc2)c2c1nc1c(c2C2CCOCC2)[C@@H](O)CC(C)(C)C1. The van der Waals surface area contributed by atoms with Crippen LogP contribution >= 0.6 is 0 Å². The molecule has 4 nitrogen and oxygen atoms in total. The molecule has 7 heteroatoms. The van der Waals surface area contributed by atoms with Gasteiger partial charge in [0, 0.05) is 30.0 Å². The van der Waals surface area contributed by atoms with Crippen LogP contribution in [0.2, 0.25) is 0 Å². The highest BCUT2D eigenvalue weighted by Crippen LogP contribution is 2.54. The maximum atomic E-state index is 13.2. The molecule has 3 aliphatic rings. The molecule has 1 fully saturated rings. The predicted octanol–water partition coefficient (Wildman–Crippen LogP) is 6.82. The molecule has 1 aliphatic carbocycles. The zero-order chi connectivity index (χ0) is 25.1. The molecule has 3 atom stereocenters. The molecule has 0 unspecified atom stereocenters. The van der Waals surface area contributed by atoms with E-state index in [9.17, 15) is 18.3 Å². The van der Waals surface area contributed by atoms with Crippen molar-refractivity contribution in [2.45, 2.75) is 83.8 Å². The summed E-state index contributed by atoms with van der Waals surface area (Å²) in [7, 11) is 0. The first kappa shape index (κ1) is 24.7. The van der Waals surface area contributed by atoms with Crippen LogP contribution in [0.4, 0.5) is 13.2 Å². The van der Waals surface area contributed by atoms with Crippen molar-refractivity contribution in [2.75, 3.05) is 13.2 Å². The zero-order valence-electron chi connectivity index (χ0n) is 20.8. The molecule has 1 aromatic carbocycles. The molecule has 2 aromatic rings. The second kappa shape index (κ2) is 8.86. The molecule has 0 radical (unpaired) electrons. The number of aliphatic hydroxyl groups is 1. The standard InChI is InChI=1S/C28H34F3NO3/c1-15(2)25-24-23(26(35-25)17-5-7-18(8-6-17)28(29,30)31)21(16-9-11-34-12-10-16)22-19(32-24)13-27(3,4)14-20(22)33/h5-8,15-16,20,25-26,33H,9-14H2,1-4H3/t20-,25-,26-/m0/s1. The van der Waals surface area contributed by atoms with Crippen molar-refractivity contribution in [2.24, 2.45) is 11.3 Å². The number of aromatic nitrogens is 1. The van der Waals surface area contributed by atoms with Crippen LogP contribution in [0.5, 0.6) is 0 Å². The number of nitrogens with zero attached hydrogens (tertiary/aromatic N) is 1. The quantitative estimate of drug-likeness (QED) is 0.514. The fraction of sp³-hybridized carbons (Fsp3) is 0.607. The number of ether oxygens (including phenoxy) is 2. The first-order valence-corrected chi connectivity index (χ1v) is 12.6. The van der Waals surface area contributed by atoms with E-state index in [0.717, 1.165) is 59.5 Å². The molecule has 0 bridgehead atoms. The van der Waals surface area contributed by atoms with Crippen LogP contribution in [0.15, 0.2) is 24.3 Å². The van der Waals surface area contributed by atoms with Crippen LogP contribution < -0.4 is 0 Å². The van der Waals surface area contributed by atoms with Gasteiger partial charge in [0.15, 0.2) is 0 Å². The Morgan fingerprint density at radius 1 is 1.03 bits per heavy atom. The lowest BCUT2D eigenvalue weighted by Gasteiger charge is -2.38. The number of hydrogen-bond donors (Lipinski definition) is 1. The number of fused-ring (bicyclic) bond motifs is 2. The third kappa shape index (κ3) is 4.51. The average Bonchev–Trinajstić information content (AvgIpc) is 3.16. The number of pyridine rings is 1. The van der Waals surface area contributed by atoms with E-state index in [1.807, 2.05) is 0 Å². The Labute approximate surface area is 204 Å². The summed E-state index contributed by atoms with van der Waals surface area (Å²) in [5.41, 5.74) is 4.73. The van der Waals surface area contributed by atoms with E-state index in [0.29, 0.717) is 25.2 Å². The average molecular weight is 490 g/mol. The highest BCUT2D eigenvalue weighted by molar-refractivity contribution is 5.52. The molecule has 0 amide bonds. The summed E-state index contributed by atoms with van der Waals surface area (Å²) >= 11 is 0. The number of benzene rings is 1. The van der Waals surface area contributed by atoms with E-state index in [4.69, 9.17) is 14.5 Å². The Morgan fingerprint density at radius 3 is 2.29 bits per heavy atom. The van der Waals surface area contributed by atoms with Crippen molar-refractivity contribution < 1.29 is 27.8 Å². The fourth-order valence-corrected chi connectivity index (χ4v) is 6.12. The first-order chi connectivity index (χ1) is 16.5. The van der Waals surface area contributed by atoms with Gasteiger partial charge in [0.2, 0.25) is 0 Å². The first-order valence-electron chi connectivity index (χ1n) is 12.6. The highest BCUT2D eigenvalue weighted by Gasteiger charge is 2.45. The summed E-state index contributed by atoms with van der Waals surface area (Å²) in [5, 5.41) is 11.4. The minimum absolute atomic E-state index is 0.0692. The maximum absolute atomic E-state index is 13.2. The molecule has 5 rings (SSSR count). The smallest absolute Gasteiger partial charge is 0.388 e. The molecule has 3 heterocycles. The van der Waals surface area contributed by atoms with Gasteiger partial charge in [-0.15, -0.1) is 0 Å². The summed E-state index contributed by atoms with van der Waals surface area (Å²) in [6.45, 7) is 9.78. The summed E-state index contributed by atoms with van der Waals surface area (Å²) in [5.74, 6) is 0.333. The number of rotatable bonds is 3. The van der Waals surface area contributed by atoms with Gasteiger partial charge >= 0.3 is 6.18 Å². The van der Waals surface area contributed by atoms with Crippen LogP contribution in [0.25, 0.3) is 0 Å². The van der Waals surface area contributed by atoms with Crippen molar-refractivity contribution in [3.63, 3.8) is 0 Å². The largest absolute Gasteiger partial charge is 0.416 e. The predicted molar refractivity (Wildman–Crippen MR) is 126 cm³/mol. The number of hydrogen-bond acceptors (Lipinski definition) is 4. The zero-order valence-corrected chi connectivity index (χ0v) is 20.8. The molecule has 2 aliphatic heterocycles. The lowest BCUT2D eigenvalue weighted by molar-refractivity contribution is -0.137. The maximum Gasteiger partial charge on any atom is 0.416 e. The topological polar surface area (TPSA) is 51.6 Å². The van der Waals surface area contributed by atoms with Crippen molar-refractivity contribution in [3.05, 3.63) is 63.5 Å². The molecule has 1 aromatic heterocycles. The van der Waals surface area contributed by atoms with E-state index in [-0.39, 0.29) is 23.4 Å². The number of halogens is 3. The molecular formula is C28H34F3NO3. The van der Waals surface area contributed by atoms with Gasteiger partial charge in [-0.2, -0.15) is 13.2 Å². The molecule has 0 saturated carbocycles. The van der Waals surface area contributed by atoms with Gasteiger partial charge < -0.3 is 14.6 Å². The van der Waals surface area contributed by atoms with Gasteiger partial charge in [-0.1, -0.05) is 39.8 Å². The summed E-state index contributed by atoms with van der Waals surface area (Å²) in [6.07, 6.45) is -2.69. The monoisotopic (exact) mass is 489 g/mol. The summed E-state index contributed by atoms with van der Waals surface area (Å²) in [4.78, 5) is 5.13. The van der Waals surface area contributed by atoms with E-state index >= 15 is 0 Å². The third-order valence-electron chi connectivity index (χ3n) is 7.74. The minimum atomic E-state index is -4.39. The van der Waals surface area contributed by atoms with Crippen LogP contribution in [0.3, 0.4) is 0 Å². The Morgan fingerprint density at radius 2 is 1.69 bits per heavy atom. The molecule has 190 valence electrons. The Hall–Kier alpha value is -1.96. The lowest BCUT2D eigenvalue weighted by Crippen LogP contribution is -2.30. The fourth-order valence-electron chi connectivity index (χ4n) is 6.12. The van der Waals surface area contributed by atoms with Crippen LogP contribution in [0.1, 0.15) is 110 Å². The minimum Gasteiger partial charge on any atom is -0.388 e. The summed E-state index contributed by atoms with van der Waals surface area (Å²) in [6, 6.07) is 5.29. The van der Waals surface area contributed by atoms with E-state index in [1.165, 1.54) is 12.1 Å². The van der Waals surface area contributed by atoms with Gasteiger partial charge in [-0.3, -0.25) is 4.98 Å². The van der Waals surface area contributed by atoms with Gasteiger partial charge in [-0.05, 0) is 66.2 Å². The Balaban J connectivity index is 1.71. The van der Waals surface area contributed by atoms with Gasteiger partial charge in [-0.25, -0.2) is 0 Å². The highest BCUT2D eigenvalue weighted by atomic mass is 19.4. The van der Waals surface area contributed by atoms with Gasteiger partial charge in [0.05, 0.1) is 17.4 Å². The van der Waals surface area contributed by atoms with Crippen molar-refractivity contribution >= 4 is 0 Å². The van der Waals surface area contributed by atoms with E-state index in [2.05, 4.69) is 27.7 Å². The molecule has 1 saturated heterocycles. The second-order valence-electron chi connectivity index (χ2n) is 11.4. The van der Waals surface area contributed by atoms with Gasteiger partial charge in [0.25, 0.3) is 0 Å². The third-order valence-corrected chi connectivity index (χ3v) is 7.74. The van der Waals surface area contributed by atoms with Crippen molar-refractivity contribution in [3.8, 4) is 0 Å². The van der Waals surface area contributed by atoms with Crippen LogP contribution in [0, 0.1) is 11.3 Å². The molecule has 35 heavy (non-hydrogen) atoms. The normalized spacial score (nSPS) is 26.6. The van der Waals surface area contributed by atoms with Crippen molar-refractivity contribution in [1.82, 2.24) is 4.98 Å². The lowest BCUT2D eigenvalue weighted by atomic mass is 9.70. The Kier molecular flexibility index (Phi) is 6.26. The number of aliphatic hydroxyl groups excluding tert-OH is 1. The second-order valence-corrected chi connectivity index (χ2v) is 11.4. The Bertz CT molecular complexity index is 1090. The molecule has 1 N–H and O–H groups in total. The van der Waals surface area contributed by atoms with Gasteiger partial charge in [0.1, 0.15) is 12.2 Å². The van der Waals surface area contributed by atoms with Crippen molar-refractivity contribution in [1.29, 1.82) is 0 Å². The molecule has 0 spiro atoms. The summed E-state index contributed by atoms with van der Waals surface area (Å²) < 4.78 is 51.9. The van der Waals surface area contributed by atoms with E-state index < -0.39 is 23.9 Å². The van der Waals surface area contributed by atoms with Crippen LogP contribution in [-0.4, -0.2) is 23.3 Å².